The van der Waals surface area contributed by atoms with Crippen molar-refractivity contribution in [3.63, 3.8) is 0 Å². The van der Waals surface area contributed by atoms with Gasteiger partial charge in [-0.3, -0.25) is 4.90 Å². The topological polar surface area (TPSA) is 66.8 Å². The average Bonchev–Trinajstić information content (AvgIpc) is 2.99. The minimum absolute atomic E-state index is 0.421. The Labute approximate surface area is 148 Å². The molecule has 0 bridgehead atoms. The number of rotatable bonds is 4. The molecular weight excluding hydrogens is 344 g/mol. The van der Waals surface area contributed by atoms with Crippen LogP contribution in [0, 0.1) is 0 Å². The fraction of sp³-hybridized carbons (Fsp3) is 0.375. The van der Waals surface area contributed by atoms with E-state index in [4.69, 9.17) is 11.6 Å². The van der Waals surface area contributed by atoms with Crippen LogP contribution in [0.1, 0.15) is 18.4 Å². The molecule has 0 unspecified atom stereocenters. The van der Waals surface area contributed by atoms with Gasteiger partial charge in [0.1, 0.15) is 23.3 Å². The standard InChI is InChI=1S/C16H17ClN6S/c17-14-5-13-15(20-10-21-16(13)24-14)22-12-1-3-23(4-2-12)8-11-6-18-9-19-7-11/h5-7,9-10,12H,1-4,8H2,(H,20,21,22). The van der Waals surface area contributed by atoms with E-state index in [2.05, 4.69) is 30.2 Å². The number of anilines is 1. The van der Waals surface area contributed by atoms with Crippen LogP contribution in [-0.2, 0) is 6.54 Å². The maximum Gasteiger partial charge on any atom is 0.138 e. The first kappa shape index (κ1) is 15.7. The van der Waals surface area contributed by atoms with Crippen molar-refractivity contribution in [3.8, 4) is 0 Å². The molecule has 4 rings (SSSR count). The molecule has 1 aliphatic rings. The van der Waals surface area contributed by atoms with Crippen LogP contribution in [0.3, 0.4) is 0 Å². The molecule has 4 heterocycles. The van der Waals surface area contributed by atoms with Crippen molar-refractivity contribution in [1.29, 1.82) is 0 Å². The molecule has 0 aliphatic carbocycles. The second-order valence-electron chi connectivity index (χ2n) is 5.93. The molecule has 8 heteroatoms. The minimum atomic E-state index is 0.421. The van der Waals surface area contributed by atoms with Gasteiger partial charge in [-0.15, -0.1) is 11.3 Å². The molecular formula is C16H17ClN6S. The lowest BCUT2D eigenvalue weighted by Gasteiger charge is -2.32. The number of nitrogens with one attached hydrogen (secondary N) is 1. The first-order valence-corrected chi connectivity index (χ1v) is 9.10. The van der Waals surface area contributed by atoms with Crippen LogP contribution < -0.4 is 5.32 Å². The number of piperidine rings is 1. The highest BCUT2D eigenvalue weighted by atomic mass is 35.5. The van der Waals surface area contributed by atoms with Crippen molar-refractivity contribution < 1.29 is 0 Å². The number of nitrogens with zero attached hydrogens (tertiary/aromatic N) is 5. The zero-order valence-corrected chi connectivity index (χ0v) is 14.6. The van der Waals surface area contributed by atoms with E-state index in [9.17, 15) is 0 Å². The molecule has 0 radical (unpaired) electrons. The highest BCUT2D eigenvalue weighted by Gasteiger charge is 2.20. The first-order chi connectivity index (χ1) is 11.8. The summed E-state index contributed by atoms with van der Waals surface area (Å²) in [5, 5.41) is 4.58. The lowest BCUT2D eigenvalue weighted by atomic mass is 10.0. The monoisotopic (exact) mass is 360 g/mol. The predicted octanol–water partition coefficient (Wildman–Crippen LogP) is 3.21. The molecule has 1 fully saturated rings. The summed E-state index contributed by atoms with van der Waals surface area (Å²) < 4.78 is 0.744. The van der Waals surface area contributed by atoms with Crippen LogP contribution in [0.4, 0.5) is 5.82 Å². The Bertz CT molecular complexity index is 816. The summed E-state index contributed by atoms with van der Waals surface area (Å²) in [7, 11) is 0. The van der Waals surface area contributed by atoms with Gasteiger partial charge in [0.25, 0.3) is 0 Å². The SMILES string of the molecule is Clc1cc2c(NC3CCN(Cc4cncnc4)CC3)ncnc2s1. The third kappa shape index (κ3) is 3.48. The predicted molar refractivity (Wildman–Crippen MR) is 96.4 cm³/mol. The van der Waals surface area contributed by atoms with E-state index in [0.717, 1.165) is 58.4 Å². The van der Waals surface area contributed by atoms with Gasteiger partial charge in [0.2, 0.25) is 0 Å². The highest BCUT2D eigenvalue weighted by Crippen LogP contribution is 2.32. The second kappa shape index (κ2) is 6.96. The largest absolute Gasteiger partial charge is 0.367 e. The Hall–Kier alpha value is -1.83. The maximum atomic E-state index is 6.10. The van der Waals surface area contributed by atoms with Gasteiger partial charge in [-0.2, -0.15) is 0 Å². The zero-order chi connectivity index (χ0) is 16.4. The zero-order valence-electron chi connectivity index (χ0n) is 13.0. The summed E-state index contributed by atoms with van der Waals surface area (Å²) in [5.41, 5.74) is 1.16. The van der Waals surface area contributed by atoms with Crippen LogP contribution in [-0.4, -0.2) is 44.0 Å². The van der Waals surface area contributed by atoms with Crippen LogP contribution >= 0.6 is 22.9 Å². The van der Waals surface area contributed by atoms with E-state index >= 15 is 0 Å². The number of aromatic nitrogens is 4. The van der Waals surface area contributed by atoms with Crippen molar-refractivity contribution >= 4 is 39.0 Å². The number of fused-ring (bicyclic) bond motifs is 1. The number of likely N-dealkylation sites (tertiary alicyclic amines) is 1. The molecule has 0 aromatic carbocycles. The maximum absolute atomic E-state index is 6.10. The van der Waals surface area contributed by atoms with Crippen molar-refractivity contribution in [2.45, 2.75) is 25.4 Å². The average molecular weight is 361 g/mol. The van der Waals surface area contributed by atoms with E-state index in [1.807, 2.05) is 18.5 Å². The summed E-state index contributed by atoms with van der Waals surface area (Å²) in [6, 6.07) is 2.36. The van der Waals surface area contributed by atoms with E-state index in [1.165, 1.54) is 11.3 Å². The minimum Gasteiger partial charge on any atom is -0.367 e. The van der Waals surface area contributed by atoms with Crippen LogP contribution in [0.2, 0.25) is 4.34 Å². The van der Waals surface area contributed by atoms with Crippen molar-refractivity contribution in [2.75, 3.05) is 18.4 Å². The smallest absolute Gasteiger partial charge is 0.138 e. The Balaban J connectivity index is 1.37. The molecule has 0 spiro atoms. The Kier molecular flexibility index (Phi) is 4.55. The molecule has 3 aromatic rings. The Morgan fingerprint density at radius 3 is 2.75 bits per heavy atom. The lowest BCUT2D eigenvalue weighted by Crippen LogP contribution is -2.38. The van der Waals surface area contributed by atoms with E-state index in [0.29, 0.717) is 6.04 Å². The molecule has 0 atom stereocenters. The van der Waals surface area contributed by atoms with Crippen molar-refractivity contribution in [3.05, 3.63) is 41.0 Å². The van der Waals surface area contributed by atoms with E-state index < -0.39 is 0 Å². The summed E-state index contributed by atoms with van der Waals surface area (Å²) in [4.78, 5) is 20.2. The van der Waals surface area contributed by atoms with Crippen LogP contribution in [0.25, 0.3) is 10.2 Å². The van der Waals surface area contributed by atoms with Gasteiger partial charge in [-0.05, 0) is 18.9 Å². The lowest BCUT2D eigenvalue weighted by molar-refractivity contribution is 0.211. The quantitative estimate of drug-likeness (QED) is 0.770. The second-order valence-corrected chi connectivity index (χ2v) is 7.60. The summed E-state index contributed by atoms with van der Waals surface area (Å²) in [6.45, 7) is 3.00. The first-order valence-electron chi connectivity index (χ1n) is 7.91. The molecule has 3 aromatic heterocycles. The summed E-state index contributed by atoms with van der Waals surface area (Å²) >= 11 is 7.58. The van der Waals surface area contributed by atoms with Gasteiger partial charge in [-0.1, -0.05) is 11.6 Å². The molecule has 1 saturated heterocycles. The fourth-order valence-corrected chi connectivity index (χ4v) is 4.09. The van der Waals surface area contributed by atoms with Gasteiger partial charge in [0.05, 0.1) is 9.72 Å². The normalized spacial score (nSPS) is 16.5. The number of hydrogen-bond donors (Lipinski definition) is 1. The molecule has 1 N–H and O–H groups in total. The molecule has 24 heavy (non-hydrogen) atoms. The Morgan fingerprint density at radius 2 is 1.96 bits per heavy atom. The van der Waals surface area contributed by atoms with Gasteiger partial charge < -0.3 is 5.32 Å². The fourth-order valence-electron chi connectivity index (χ4n) is 3.04. The van der Waals surface area contributed by atoms with Gasteiger partial charge in [0, 0.05) is 43.6 Å². The van der Waals surface area contributed by atoms with E-state index in [1.54, 1.807) is 12.7 Å². The van der Waals surface area contributed by atoms with Gasteiger partial charge >= 0.3 is 0 Å². The van der Waals surface area contributed by atoms with Crippen LogP contribution in [0.5, 0.6) is 0 Å². The molecule has 0 saturated carbocycles. The number of halogens is 1. The van der Waals surface area contributed by atoms with Gasteiger partial charge in [0.15, 0.2) is 0 Å². The third-order valence-corrected chi connectivity index (χ3v) is 5.42. The molecule has 0 amide bonds. The molecule has 124 valence electrons. The van der Waals surface area contributed by atoms with E-state index in [-0.39, 0.29) is 0 Å². The molecule has 1 aliphatic heterocycles. The van der Waals surface area contributed by atoms with Crippen molar-refractivity contribution in [2.24, 2.45) is 0 Å². The third-order valence-electron chi connectivity index (χ3n) is 4.25. The number of thiophene rings is 1. The van der Waals surface area contributed by atoms with Crippen molar-refractivity contribution in [1.82, 2.24) is 24.8 Å². The Morgan fingerprint density at radius 1 is 1.17 bits per heavy atom. The number of hydrogen-bond acceptors (Lipinski definition) is 7. The molecule has 6 nitrogen and oxygen atoms in total. The highest BCUT2D eigenvalue weighted by molar-refractivity contribution is 7.22. The van der Waals surface area contributed by atoms with Crippen LogP contribution in [0.15, 0.2) is 31.1 Å². The van der Waals surface area contributed by atoms with Gasteiger partial charge in [-0.25, -0.2) is 19.9 Å². The summed E-state index contributed by atoms with van der Waals surface area (Å²) in [5.74, 6) is 0.887. The summed E-state index contributed by atoms with van der Waals surface area (Å²) in [6.07, 6.45) is 9.10.